The molecule has 0 radical (unpaired) electrons. The standard InChI is InChI=1S/C26H26N2O6/c29-24(16-27-26(32)34-18-21-9-5-2-6-10-21)28-23(25(30)31)15-19-11-13-22(14-12-19)33-17-20-7-3-1-4-8-20/h1-14,23H,15-18H2,(H,27,32)(H,28,29)(H,30,31)/t23-/m1/s1. The van der Waals surface area contributed by atoms with Gasteiger partial charge in [-0.3, -0.25) is 4.79 Å². The van der Waals surface area contributed by atoms with Gasteiger partial charge in [0, 0.05) is 6.42 Å². The molecule has 0 aliphatic heterocycles. The van der Waals surface area contributed by atoms with Crippen LogP contribution in [0.2, 0.25) is 0 Å². The number of benzene rings is 3. The van der Waals surface area contributed by atoms with E-state index in [9.17, 15) is 19.5 Å². The first-order chi connectivity index (χ1) is 16.5. The van der Waals surface area contributed by atoms with E-state index in [0.717, 1.165) is 16.7 Å². The number of aliphatic carboxylic acids is 1. The Morgan fingerprint density at radius 2 is 1.35 bits per heavy atom. The van der Waals surface area contributed by atoms with Crippen molar-refractivity contribution >= 4 is 18.0 Å². The number of carbonyl (C=O) groups is 3. The van der Waals surface area contributed by atoms with Crippen LogP contribution in [0.5, 0.6) is 5.75 Å². The molecule has 3 aromatic carbocycles. The van der Waals surface area contributed by atoms with Crippen LogP contribution in [0.3, 0.4) is 0 Å². The molecule has 0 aromatic heterocycles. The minimum absolute atomic E-state index is 0.0666. The second kappa shape index (κ2) is 12.6. The molecule has 0 bridgehead atoms. The van der Waals surface area contributed by atoms with Crippen molar-refractivity contribution in [2.24, 2.45) is 0 Å². The minimum atomic E-state index is -1.18. The Bertz CT molecular complexity index is 1070. The molecule has 3 aromatic rings. The van der Waals surface area contributed by atoms with E-state index in [4.69, 9.17) is 9.47 Å². The Kier molecular flexibility index (Phi) is 9.04. The maximum Gasteiger partial charge on any atom is 0.407 e. The Morgan fingerprint density at radius 1 is 0.765 bits per heavy atom. The summed E-state index contributed by atoms with van der Waals surface area (Å²) in [5.74, 6) is -1.15. The molecule has 0 fully saturated rings. The predicted octanol–water partition coefficient (Wildman–Crippen LogP) is 3.30. The molecule has 8 heteroatoms. The number of carboxylic acid groups (broad SMARTS) is 1. The molecular weight excluding hydrogens is 436 g/mol. The van der Waals surface area contributed by atoms with Crippen LogP contribution in [0.1, 0.15) is 16.7 Å². The van der Waals surface area contributed by atoms with Crippen molar-refractivity contribution in [1.82, 2.24) is 10.6 Å². The van der Waals surface area contributed by atoms with Gasteiger partial charge in [0.05, 0.1) is 0 Å². The highest BCUT2D eigenvalue weighted by Crippen LogP contribution is 2.15. The van der Waals surface area contributed by atoms with E-state index in [1.807, 2.05) is 48.5 Å². The third kappa shape index (κ3) is 8.31. The molecule has 0 aliphatic carbocycles. The van der Waals surface area contributed by atoms with Gasteiger partial charge in [-0.25, -0.2) is 9.59 Å². The molecule has 0 unspecified atom stereocenters. The van der Waals surface area contributed by atoms with Gasteiger partial charge in [-0.1, -0.05) is 72.8 Å². The molecule has 1 atom stereocenters. The lowest BCUT2D eigenvalue weighted by Crippen LogP contribution is -2.46. The van der Waals surface area contributed by atoms with Gasteiger partial charge in [-0.2, -0.15) is 0 Å². The van der Waals surface area contributed by atoms with E-state index < -0.39 is 30.6 Å². The second-order valence-corrected chi connectivity index (χ2v) is 7.50. The van der Waals surface area contributed by atoms with Gasteiger partial charge in [0.2, 0.25) is 5.91 Å². The smallest absolute Gasteiger partial charge is 0.407 e. The lowest BCUT2D eigenvalue weighted by molar-refractivity contribution is -0.141. The van der Waals surface area contributed by atoms with Crippen LogP contribution in [0.4, 0.5) is 4.79 Å². The molecule has 34 heavy (non-hydrogen) atoms. The number of hydrogen-bond acceptors (Lipinski definition) is 5. The summed E-state index contributed by atoms with van der Waals surface area (Å²) in [6.07, 6.45) is -0.685. The van der Waals surface area contributed by atoms with Crippen LogP contribution in [-0.4, -0.2) is 35.7 Å². The molecule has 0 aliphatic rings. The second-order valence-electron chi connectivity index (χ2n) is 7.50. The van der Waals surface area contributed by atoms with Gasteiger partial charge < -0.3 is 25.2 Å². The normalized spacial score (nSPS) is 11.2. The Hall–Kier alpha value is -4.33. The first-order valence-corrected chi connectivity index (χ1v) is 10.7. The molecule has 0 spiro atoms. The van der Waals surface area contributed by atoms with Crippen LogP contribution in [-0.2, 0) is 34.0 Å². The van der Waals surface area contributed by atoms with Crippen molar-refractivity contribution in [3.8, 4) is 5.75 Å². The summed E-state index contributed by atoms with van der Waals surface area (Å²) in [6.45, 7) is 0.0928. The fourth-order valence-corrected chi connectivity index (χ4v) is 3.07. The summed E-state index contributed by atoms with van der Waals surface area (Å²) in [7, 11) is 0. The third-order valence-electron chi connectivity index (χ3n) is 4.85. The maximum absolute atomic E-state index is 12.1. The number of amides is 2. The summed E-state index contributed by atoms with van der Waals surface area (Å²) in [5.41, 5.74) is 2.57. The van der Waals surface area contributed by atoms with Gasteiger partial charge in [0.25, 0.3) is 0 Å². The van der Waals surface area contributed by atoms with Crippen molar-refractivity contribution in [1.29, 1.82) is 0 Å². The Morgan fingerprint density at radius 3 is 1.94 bits per heavy atom. The zero-order valence-electron chi connectivity index (χ0n) is 18.5. The molecule has 3 N–H and O–H groups in total. The fourth-order valence-electron chi connectivity index (χ4n) is 3.07. The van der Waals surface area contributed by atoms with Crippen molar-refractivity contribution < 1.29 is 29.0 Å². The zero-order chi connectivity index (χ0) is 24.2. The average molecular weight is 463 g/mol. The third-order valence-corrected chi connectivity index (χ3v) is 4.85. The predicted molar refractivity (Wildman–Crippen MR) is 125 cm³/mol. The topological polar surface area (TPSA) is 114 Å². The highest BCUT2D eigenvalue weighted by Gasteiger charge is 2.21. The summed E-state index contributed by atoms with van der Waals surface area (Å²) < 4.78 is 10.8. The number of hydrogen-bond donors (Lipinski definition) is 3. The van der Waals surface area contributed by atoms with Crippen molar-refractivity contribution in [2.75, 3.05) is 6.54 Å². The lowest BCUT2D eigenvalue weighted by atomic mass is 10.1. The SMILES string of the molecule is O=C(CNC(=O)OCc1ccccc1)N[C@H](Cc1ccc(OCc2ccccc2)cc1)C(=O)O. The lowest BCUT2D eigenvalue weighted by Gasteiger charge is -2.15. The molecule has 0 heterocycles. The molecule has 8 nitrogen and oxygen atoms in total. The van der Waals surface area contributed by atoms with Crippen LogP contribution >= 0.6 is 0 Å². The fraction of sp³-hybridized carbons (Fsp3) is 0.192. The number of carboxylic acids is 1. The van der Waals surface area contributed by atoms with Gasteiger partial charge in [0.15, 0.2) is 0 Å². The summed E-state index contributed by atoms with van der Waals surface area (Å²) in [5, 5.41) is 14.2. The van der Waals surface area contributed by atoms with Crippen molar-refractivity contribution in [2.45, 2.75) is 25.7 Å². The minimum Gasteiger partial charge on any atom is -0.489 e. The van der Waals surface area contributed by atoms with Crippen molar-refractivity contribution in [3.63, 3.8) is 0 Å². The van der Waals surface area contributed by atoms with E-state index in [1.165, 1.54) is 0 Å². The van der Waals surface area contributed by atoms with E-state index in [0.29, 0.717) is 12.4 Å². The Balaban J connectivity index is 1.42. The van der Waals surface area contributed by atoms with Crippen LogP contribution < -0.4 is 15.4 Å². The monoisotopic (exact) mass is 462 g/mol. The molecule has 176 valence electrons. The first-order valence-electron chi connectivity index (χ1n) is 10.7. The number of alkyl carbamates (subject to hydrolysis) is 1. The van der Waals surface area contributed by atoms with Gasteiger partial charge in [0.1, 0.15) is 31.5 Å². The van der Waals surface area contributed by atoms with Gasteiger partial charge >= 0.3 is 12.1 Å². The number of rotatable bonds is 11. The largest absolute Gasteiger partial charge is 0.489 e. The summed E-state index contributed by atoms with van der Waals surface area (Å²) in [6, 6.07) is 24.7. The van der Waals surface area contributed by atoms with Gasteiger partial charge in [-0.15, -0.1) is 0 Å². The molecule has 0 saturated heterocycles. The maximum atomic E-state index is 12.1. The average Bonchev–Trinajstić information content (AvgIpc) is 2.86. The van der Waals surface area contributed by atoms with Gasteiger partial charge in [-0.05, 0) is 28.8 Å². The molecule has 3 rings (SSSR count). The van der Waals surface area contributed by atoms with Crippen molar-refractivity contribution in [3.05, 3.63) is 102 Å². The highest BCUT2D eigenvalue weighted by molar-refractivity contribution is 5.86. The van der Waals surface area contributed by atoms with E-state index in [1.54, 1.807) is 36.4 Å². The number of ether oxygens (including phenoxy) is 2. The van der Waals surface area contributed by atoms with Crippen LogP contribution in [0.25, 0.3) is 0 Å². The van der Waals surface area contributed by atoms with E-state index in [2.05, 4.69) is 10.6 Å². The van der Waals surface area contributed by atoms with Crippen LogP contribution in [0.15, 0.2) is 84.9 Å². The highest BCUT2D eigenvalue weighted by atomic mass is 16.5. The molecule has 0 saturated carbocycles. The number of carbonyl (C=O) groups excluding carboxylic acids is 2. The Labute approximate surface area is 197 Å². The molecule has 2 amide bonds. The summed E-state index contributed by atoms with van der Waals surface area (Å²) >= 11 is 0. The zero-order valence-corrected chi connectivity index (χ0v) is 18.5. The first kappa shape index (κ1) is 24.3. The quantitative estimate of drug-likeness (QED) is 0.403. The summed E-state index contributed by atoms with van der Waals surface area (Å²) in [4.78, 5) is 35.5. The molecular formula is C26H26N2O6. The van der Waals surface area contributed by atoms with E-state index in [-0.39, 0.29) is 13.0 Å². The van der Waals surface area contributed by atoms with E-state index >= 15 is 0 Å². The van der Waals surface area contributed by atoms with Crippen LogP contribution in [0, 0.1) is 0 Å². The number of nitrogens with one attached hydrogen (secondary N) is 2.